The molecule has 2 aromatic carbocycles. The third kappa shape index (κ3) is 3.02. The van der Waals surface area contributed by atoms with Crippen molar-refractivity contribution >= 4 is 23.7 Å². The van der Waals surface area contributed by atoms with Crippen molar-refractivity contribution in [3.05, 3.63) is 59.1 Å². The molecule has 0 aliphatic heterocycles. The quantitative estimate of drug-likeness (QED) is 0.622. The first-order valence-electron chi connectivity index (χ1n) is 5.44. The van der Waals surface area contributed by atoms with Gasteiger partial charge in [0.05, 0.1) is 5.69 Å². The van der Waals surface area contributed by atoms with Gasteiger partial charge in [-0.3, -0.25) is 4.79 Å². The molecular formula is C14H12ClNO2. The van der Waals surface area contributed by atoms with Crippen LogP contribution in [0.25, 0.3) is 0 Å². The predicted molar refractivity (Wildman–Crippen MR) is 71.8 cm³/mol. The van der Waals surface area contributed by atoms with Gasteiger partial charge in [-0.1, -0.05) is 29.3 Å². The summed E-state index contributed by atoms with van der Waals surface area (Å²) in [6.07, 6.45) is 0.624. The van der Waals surface area contributed by atoms with E-state index >= 15 is 0 Å². The lowest BCUT2D eigenvalue weighted by Gasteiger charge is -2.17. The fraction of sp³-hybridized carbons (Fsp3) is 0.0714. The summed E-state index contributed by atoms with van der Waals surface area (Å²) in [4.78, 5) is 16.5. The molecular weight excluding hydrogens is 250 g/mol. The number of anilines is 1. The summed E-state index contributed by atoms with van der Waals surface area (Å²) in [6.45, 7) is 1.98. The van der Waals surface area contributed by atoms with Gasteiger partial charge in [-0.05, 0) is 43.3 Å². The second-order valence-corrected chi connectivity index (χ2v) is 4.25. The molecule has 0 unspecified atom stereocenters. The van der Waals surface area contributed by atoms with Crippen LogP contribution in [0.4, 0.5) is 5.69 Å². The van der Waals surface area contributed by atoms with Crippen LogP contribution in [-0.2, 0) is 4.79 Å². The van der Waals surface area contributed by atoms with Gasteiger partial charge in [-0.2, -0.15) is 0 Å². The number of hydroxylamine groups is 1. The molecule has 1 amide bonds. The summed E-state index contributed by atoms with van der Waals surface area (Å²) in [5.74, 6) is 0.548. The molecule has 0 atom stereocenters. The SMILES string of the molecule is Cc1ccc(N(C=O)Oc2ccc(Cl)cc2)cc1. The number of hydrogen-bond donors (Lipinski definition) is 0. The first-order valence-corrected chi connectivity index (χ1v) is 5.81. The van der Waals surface area contributed by atoms with Crippen molar-refractivity contribution in [2.75, 3.05) is 5.06 Å². The molecule has 0 saturated heterocycles. The van der Waals surface area contributed by atoms with Crippen LogP contribution in [0.5, 0.6) is 5.75 Å². The van der Waals surface area contributed by atoms with Gasteiger partial charge < -0.3 is 4.84 Å². The lowest BCUT2D eigenvalue weighted by Crippen LogP contribution is -2.25. The van der Waals surface area contributed by atoms with Gasteiger partial charge in [0.2, 0.25) is 6.41 Å². The minimum Gasteiger partial charge on any atom is -0.372 e. The molecule has 2 aromatic rings. The summed E-state index contributed by atoms with van der Waals surface area (Å²) in [7, 11) is 0. The molecule has 0 radical (unpaired) electrons. The van der Waals surface area contributed by atoms with E-state index in [-0.39, 0.29) is 0 Å². The lowest BCUT2D eigenvalue weighted by molar-refractivity contribution is -0.111. The Morgan fingerprint density at radius 3 is 2.22 bits per heavy atom. The summed E-state index contributed by atoms with van der Waals surface area (Å²) in [5, 5.41) is 1.79. The zero-order valence-corrected chi connectivity index (χ0v) is 10.6. The van der Waals surface area contributed by atoms with Crippen LogP contribution in [-0.4, -0.2) is 6.41 Å². The second-order valence-electron chi connectivity index (χ2n) is 3.81. The third-order valence-electron chi connectivity index (χ3n) is 2.40. The van der Waals surface area contributed by atoms with E-state index in [0.29, 0.717) is 22.9 Å². The van der Waals surface area contributed by atoms with Crippen molar-refractivity contribution < 1.29 is 9.63 Å². The Bertz CT molecular complexity index is 522. The van der Waals surface area contributed by atoms with Crippen LogP contribution in [0.2, 0.25) is 5.02 Å². The van der Waals surface area contributed by atoms with Crippen LogP contribution in [0.15, 0.2) is 48.5 Å². The van der Waals surface area contributed by atoms with Crippen molar-refractivity contribution in [1.82, 2.24) is 0 Å². The van der Waals surface area contributed by atoms with Crippen molar-refractivity contribution in [2.24, 2.45) is 0 Å². The predicted octanol–water partition coefficient (Wildman–Crippen LogP) is 3.61. The Morgan fingerprint density at radius 2 is 1.67 bits per heavy atom. The van der Waals surface area contributed by atoms with Gasteiger partial charge in [0, 0.05) is 5.02 Å². The zero-order valence-electron chi connectivity index (χ0n) is 9.84. The topological polar surface area (TPSA) is 29.5 Å². The number of halogens is 1. The van der Waals surface area contributed by atoms with Gasteiger partial charge in [0.15, 0.2) is 5.75 Å². The molecule has 18 heavy (non-hydrogen) atoms. The van der Waals surface area contributed by atoms with Crippen molar-refractivity contribution in [3.63, 3.8) is 0 Å². The molecule has 0 aromatic heterocycles. The summed E-state index contributed by atoms with van der Waals surface area (Å²) >= 11 is 5.78. The number of rotatable bonds is 4. The molecule has 0 aliphatic carbocycles. The molecule has 0 fully saturated rings. The summed E-state index contributed by atoms with van der Waals surface area (Å²) in [5.41, 5.74) is 1.79. The Kier molecular flexibility index (Phi) is 3.85. The fourth-order valence-corrected chi connectivity index (χ4v) is 1.56. The van der Waals surface area contributed by atoms with E-state index in [1.54, 1.807) is 24.3 Å². The maximum atomic E-state index is 11.0. The molecule has 3 nitrogen and oxygen atoms in total. The fourth-order valence-electron chi connectivity index (χ4n) is 1.44. The van der Waals surface area contributed by atoms with E-state index < -0.39 is 0 Å². The van der Waals surface area contributed by atoms with Gasteiger partial charge in [0.25, 0.3) is 0 Å². The number of nitrogens with zero attached hydrogens (tertiary/aromatic N) is 1. The van der Waals surface area contributed by atoms with E-state index in [1.165, 1.54) is 5.06 Å². The first-order chi connectivity index (χ1) is 8.69. The highest BCUT2D eigenvalue weighted by molar-refractivity contribution is 6.30. The normalized spacial score (nSPS) is 9.89. The summed E-state index contributed by atoms with van der Waals surface area (Å²) in [6, 6.07) is 14.3. The summed E-state index contributed by atoms with van der Waals surface area (Å²) < 4.78 is 0. The highest BCUT2D eigenvalue weighted by Gasteiger charge is 2.07. The minimum absolute atomic E-state index is 0.548. The largest absolute Gasteiger partial charge is 0.372 e. The maximum Gasteiger partial charge on any atom is 0.247 e. The monoisotopic (exact) mass is 261 g/mol. The van der Waals surface area contributed by atoms with E-state index in [9.17, 15) is 4.79 Å². The molecule has 0 saturated carbocycles. The third-order valence-corrected chi connectivity index (χ3v) is 2.65. The molecule has 0 aliphatic rings. The van der Waals surface area contributed by atoms with E-state index in [0.717, 1.165) is 5.56 Å². The van der Waals surface area contributed by atoms with Crippen LogP contribution in [0.3, 0.4) is 0 Å². The van der Waals surface area contributed by atoms with Gasteiger partial charge >= 0.3 is 0 Å². The molecule has 4 heteroatoms. The Balaban J connectivity index is 2.16. The average molecular weight is 262 g/mol. The van der Waals surface area contributed by atoms with Crippen LogP contribution in [0, 0.1) is 6.92 Å². The van der Waals surface area contributed by atoms with Gasteiger partial charge in [0.1, 0.15) is 0 Å². The number of hydrogen-bond acceptors (Lipinski definition) is 2. The van der Waals surface area contributed by atoms with Crippen molar-refractivity contribution in [3.8, 4) is 5.75 Å². The van der Waals surface area contributed by atoms with Crippen LogP contribution < -0.4 is 9.90 Å². The number of aryl methyl sites for hydroxylation is 1. The Morgan fingerprint density at radius 1 is 1.06 bits per heavy atom. The smallest absolute Gasteiger partial charge is 0.247 e. The lowest BCUT2D eigenvalue weighted by atomic mass is 10.2. The molecule has 0 spiro atoms. The van der Waals surface area contributed by atoms with Crippen molar-refractivity contribution in [2.45, 2.75) is 6.92 Å². The molecule has 92 valence electrons. The highest BCUT2D eigenvalue weighted by Crippen LogP contribution is 2.20. The number of amides is 1. The van der Waals surface area contributed by atoms with Crippen molar-refractivity contribution in [1.29, 1.82) is 0 Å². The molecule has 0 heterocycles. The van der Waals surface area contributed by atoms with Gasteiger partial charge in [-0.25, -0.2) is 0 Å². The van der Waals surface area contributed by atoms with Crippen LogP contribution in [0.1, 0.15) is 5.56 Å². The maximum absolute atomic E-state index is 11.0. The highest BCUT2D eigenvalue weighted by atomic mass is 35.5. The molecule has 0 N–H and O–H groups in total. The number of benzene rings is 2. The number of carbonyl (C=O) groups excluding carboxylic acids is 1. The molecule has 0 bridgehead atoms. The number of carbonyl (C=O) groups is 1. The minimum atomic E-state index is 0.548. The van der Waals surface area contributed by atoms with Gasteiger partial charge in [-0.15, -0.1) is 5.06 Å². The van der Waals surface area contributed by atoms with Crippen LogP contribution >= 0.6 is 11.6 Å². The molecule has 2 rings (SSSR count). The first kappa shape index (κ1) is 12.5. The van der Waals surface area contributed by atoms with E-state index in [4.69, 9.17) is 16.4 Å². The standard InChI is InChI=1S/C14H12ClNO2/c1-11-2-6-13(7-3-11)16(10-17)18-14-8-4-12(15)5-9-14/h2-10H,1H3. The Hall–Kier alpha value is -2.00. The average Bonchev–Trinajstić information content (AvgIpc) is 2.39. The van der Waals surface area contributed by atoms with E-state index in [1.807, 2.05) is 31.2 Å². The zero-order chi connectivity index (χ0) is 13.0. The Labute approximate surface area is 111 Å². The van der Waals surface area contributed by atoms with E-state index in [2.05, 4.69) is 0 Å². The second kappa shape index (κ2) is 5.56.